The fourth-order valence-corrected chi connectivity index (χ4v) is 3.38. The van der Waals surface area contributed by atoms with Crippen LogP contribution in [-0.4, -0.2) is 49.0 Å². The van der Waals surface area contributed by atoms with Crippen LogP contribution in [0.5, 0.6) is 5.75 Å². The second-order valence-corrected chi connectivity index (χ2v) is 7.71. The van der Waals surface area contributed by atoms with Crippen molar-refractivity contribution in [1.82, 2.24) is 10.2 Å². The highest BCUT2D eigenvalue weighted by Crippen LogP contribution is 2.27. The Morgan fingerprint density at radius 1 is 1.19 bits per heavy atom. The third kappa shape index (κ3) is 5.73. The SMILES string of the molecule is COC(=O)COc1ccc(/C=C2/NC(=O)N(CC(=O)Nc3cccc(C)c3)C2=O)cc1Br. The molecule has 1 aliphatic rings. The van der Waals surface area contributed by atoms with Gasteiger partial charge in [0.2, 0.25) is 5.91 Å². The average Bonchev–Trinajstić information content (AvgIpc) is 3.00. The van der Waals surface area contributed by atoms with Crippen molar-refractivity contribution in [2.75, 3.05) is 25.6 Å². The fourth-order valence-electron chi connectivity index (χ4n) is 2.87. The Morgan fingerprint density at radius 3 is 2.66 bits per heavy atom. The molecule has 0 aliphatic carbocycles. The second-order valence-electron chi connectivity index (χ2n) is 6.85. The molecule has 2 aromatic carbocycles. The molecule has 9 nitrogen and oxygen atoms in total. The number of anilines is 1. The Morgan fingerprint density at radius 2 is 1.97 bits per heavy atom. The lowest BCUT2D eigenvalue weighted by Gasteiger charge is -2.12. The maximum atomic E-state index is 12.6. The van der Waals surface area contributed by atoms with Crippen molar-refractivity contribution < 1.29 is 28.7 Å². The Labute approximate surface area is 192 Å². The van der Waals surface area contributed by atoms with E-state index in [-0.39, 0.29) is 12.3 Å². The van der Waals surface area contributed by atoms with Crippen LogP contribution in [0.3, 0.4) is 0 Å². The molecule has 1 aliphatic heterocycles. The van der Waals surface area contributed by atoms with Gasteiger partial charge < -0.3 is 20.1 Å². The molecule has 4 amide bonds. The van der Waals surface area contributed by atoms with E-state index in [0.29, 0.717) is 21.5 Å². The van der Waals surface area contributed by atoms with Crippen molar-refractivity contribution in [2.45, 2.75) is 6.92 Å². The van der Waals surface area contributed by atoms with E-state index in [4.69, 9.17) is 4.74 Å². The molecule has 1 heterocycles. The Balaban J connectivity index is 1.66. The van der Waals surface area contributed by atoms with Gasteiger partial charge >= 0.3 is 12.0 Å². The van der Waals surface area contributed by atoms with Crippen LogP contribution < -0.4 is 15.4 Å². The van der Waals surface area contributed by atoms with Crippen LogP contribution in [0, 0.1) is 6.92 Å². The first-order chi connectivity index (χ1) is 15.3. The Kier molecular flexibility index (Phi) is 7.26. The number of methoxy groups -OCH3 is 1. The van der Waals surface area contributed by atoms with Crippen LogP contribution in [0.15, 0.2) is 52.6 Å². The van der Waals surface area contributed by atoms with Gasteiger partial charge in [0, 0.05) is 5.69 Å². The summed E-state index contributed by atoms with van der Waals surface area (Å²) in [6.45, 7) is 1.23. The van der Waals surface area contributed by atoms with Crippen LogP contribution in [0.1, 0.15) is 11.1 Å². The Hall–Kier alpha value is -3.66. The van der Waals surface area contributed by atoms with Crippen molar-refractivity contribution in [3.05, 3.63) is 63.8 Å². The normalized spacial score (nSPS) is 14.3. The zero-order valence-corrected chi connectivity index (χ0v) is 18.9. The summed E-state index contributed by atoms with van der Waals surface area (Å²) < 4.78 is 10.4. The smallest absolute Gasteiger partial charge is 0.343 e. The average molecular weight is 502 g/mol. The summed E-state index contributed by atoms with van der Waals surface area (Å²) in [4.78, 5) is 49.2. The molecule has 0 spiro atoms. The van der Waals surface area contributed by atoms with Crippen LogP contribution in [-0.2, 0) is 19.1 Å². The van der Waals surface area contributed by atoms with Gasteiger partial charge in [-0.1, -0.05) is 18.2 Å². The lowest BCUT2D eigenvalue weighted by atomic mass is 10.2. The largest absolute Gasteiger partial charge is 0.481 e. The van der Waals surface area contributed by atoms with Crippen molar-refractivity contribution >= 4 is 51.5 Å². The minimum Gasteiger partial charge on any atom is -0.481 e. The monoisotopic (exact) mass is 501 g/mol. The summed E-state index contributed by atoms with van der Waals surface area (Å²) in [7, 11) is 1.26. The van der Waals surface area contributed by atoms with E-state index >= 15 is 0 Å². The fraction of sp³-hybridized carbons (Fsp3) is 0.182. The number of carbonyl (C=O) groups is 4. The first-order valence-electron chi connectivity index (χ1n) is 9.47. The highest BCUT2D eigenvalue weighted by atomic mass is 79.9. The van der Waals surface area contributed by atoms with Gasteiger partial charge in [-0.2, -0.15) is 0 Å². The number of amides is 4. The number of esters is 1. The number of urea groups is 1. The van der Waals surface area contributed by atoms with Crippen LogP contribution in [0.25, 0.3) is 6.08 Å². The molecule has 0 atom stereocenters. The predicted octanol–water partition coefficient (Wildman–Crippen LogP) is 2.84. The van der Waals surface area contributed by atoms with E-state index in [0.717, 1.165) is 10.5 Å². The number of hydrogen-bond donors (Lipinski definition) is 2. The zero-order valence-electron chi connectivity index (χ0n) is 17.3. The molecule has 0 bridgehead atoms. The molecule has 2 aromatic rings. The molecule has 1 fully saturated rings. The van der Waals surface area contributed by atoms with Gasteiger partial charge in [0.15, 0.2) is 6.61 Å². The van der Waals surface area contributed by atoms with Crippen LogP contribution in [0.2, 0.25) is 0 Å². The number of ether oxygens (including phenoxy) is 2. The molecule has 32 heavy (non-hydrogen) atoms. The summed E-state index contributed by atoms with van der Waals surface area (Å²) >= 11 is 3.33. The summed E-state index contributed by atoms with van der Waals surface area (Å²) in [5.74, 6) is -1.21. The van der Waals surface area contributed by atoms with E-state index in [1.165, 1.54) is 13.2 Å². The van der Waals surface area contributed by atoms with Gasteiger partial charge in [-0.15, -0.1) is 0 Å². The molecule has 0 saturated carbocycles. The molecular formula is C22H20BrN3O6. The van der Waals surface area contributed by atoms with Gasteiger partial charge in [0.1, 0.15) is 18.0 Å². The minimum atomic E-state index is -0.683. The lowest BCUT2D eigenvalue weighted by Crippen LogP contribution is -2.38. The van der Waals surface area contributed by atoms with E-state index in [9.17, 15) is 19.2 Å². The standard InChI is InChI=1S/C22H20BrN3O6/c1-13-4-3-5-15(8-13)24-19(27)11-26-21(29)17(25-22(26)30)10-14-6-7-18(16(23)9-14)32-12-20(28)31-2/h3-10H,11-12H2,1-2H3,(H,24,27)(H,25,30)/b17-10+. The van der Waals surface area contributed by atoms with Gasteiger partial charge in [0.05, 0.1) is 11.6 Å². The van der Waals surface area contributed by atoms with E-state index in [1.807, 2.05) is 13.0 Å². The number of rotatable bonds is 7. The first kappa shape index (κ1) is 23.0. The molecular weight excluding hydrogens is 482 g/mol. The minimum absolute atomic E-state index is 0.0356. The Bertz CT molecular complexity index is 1110. The van der Waals surface area contributed by atoms with Crippen molar-refractivity contribution in [3.8, 4) is 5.75 Å². The number of nitrogens with zero attached hydrogens (tertiary/aromatic N) is 1. The molecule has 0 unspecified atom stereocenters. The van der Waals surface area contributed by atoms with Gasteiger partial charge in [-0.05, 0) is 64.3 Å². The first-order valence-corrected chi connectivity index (χ1v) is 10.3. The summed E-state index contributed by atoms with van der Waals surface area (Å²) in [6, 6.07) is 11.4. The van der Waals surface area contributed by atoms with E-state index in [2.05, 4.69) is 31.3 Å². The highest BCUT2D eigenvalue weighted by Gasteiger charge is 2.34. The van der Waals surface area contributed by atoms with E-state index in [1.54, 1.807) is 36.4 Å². The number of halogens is 1. The number of imide groups is 1. The summed E-state index contributed by atoms with van der Waals surface area (Å²) in [6.07, 6.45) is 1.48. The maximum Gasteiger partial charge on any atom is 0.343 e. The van der Waals surface area contributed by atoms with Gasteiger partial charge in [-0.25, -0.2) is 14.5 Å². The number of carbonyl (C=O) groups excluding carboxylic acids is 4. The highest BCUT2D eigenvalue weighted by molar-refractivity contribution is 9.10. The number of aryl methyl sites for hydroxylation is 1. The molecule has 0 radical (unpaired) electrons. The number of hydrogen-bond acceptors (Lipinski definition) is 6. The van der Waals surface area contributed by atoms with Crippen molar-refractivity contribution in [2.24, 2.45) is 0 Å². The molecule has 0 aromatic heterocycles. The van der Waals surface area contributed by atoms with Gasteiger partial charge in [-0.3, -0.25) is 9.59 Å². The quantitative estimate of drug-likeness (QED) is 0.342. The molecule has 3 rings (SSSR count). The van der Waals surface area contributed by atoms with Crippen LogP contribution in [0.4, 0.5) is 10.5 Å². The summed E-state index contributed by atoms with van der Waals surface area (Å²) in [5.41, 5.74) is 2.18. The lowest BCUT2D eigenvalue weighted by molar-refractivity contribution is -0.143. The third-order valence-corrected chi connectivity index (χ3v) is 5.03. The predicted molar refractivity (Wildman–Crippen MR) is 120 cm³/mol. The zero-order chi connectivity index (χ0) is 23.3. The molecule has 2 N–H and O–H groups in total. The summed E-state index contributed by atoms with van der Waals surface area (Å²) in [5, 5.41) is 5.14. The number of benzene rings is 2. The van der Waals surface area contributed by atoms with E-state index < -0.39 is 30.4 Å². The molecule has 1 saturated heterocycles. The van der Waals surface area contributed by atoms with Crippen molar-refractivity contribution in [1.29, 1.82) is 0 Å². The topological polar surface area (TPSA) is 114 Å². The molecule has 10 heteroatoms. The van der Waals surface area contributed by atoms with Crippen LogP contribution >= 0.6 is 15.9 Å². The second kappa shape index (κ2) is 10.1. The maximum absolute atomic E-state index is 12.6. The third-order valence-electron chi connectivity index (χ3n) is 4.41. The van der Waals surface area contributed by atoms with Gasteiger partial charge in [0.25, 0.3) is 5.91 Å². The number of nitrogens with one attached hydrogen (secondary N) is 2. The molecule has 166 valence electrons. The van der Waals surface area contributed by atoms with Crippen molar-refractivity contribution in [3.63, 3.8) is 0 Å².